The molecule has 1 unspecified atom stereocenters. The SMILES string of the molecule is CC(=O)c1cccc(CN2CCCC(CCC(=O)NCc3ccccc3Cl)C2)c1. The molecule has 5 heteroatoms. The number of halogens is 1. The van der Waals surface area contributed by atoms with E-state index in [-0.39, 0.29) is 11.7 Å². The summed E-state index contributed by atoms with van der Waals surface area (Å²) >= 11 is 6.14. The lowest BCUT2D eigenvalue weighted by Crippen LogP contribution is -2.35. The number of likely N-dealkylation sites (tertiary alicyclic amines) is 1. The molecule has 4 nitrogen and oxygen atoms in total. The van der Waals surface area contributed by atoms with Gasteiger partial charge in [0.25, 0.3) is 0 Å². The van der Waals surface area contributed by atoms with Gasteiger partial charge in [0.15, 0.2) is 5.78 Å². The van der Waals surface area contributed by atoms with Crippen molar-refractivity contribution in [2.75, 3.05) is 13.1 Å². The van der Waals surface area contributed by atoms with Crippen molar-refractivity contribution in [1.29, 1.82) is 0 Å². The van der Waals surface area contributed by atoms with E-state index in [0.717, 1.165) is 43.6 Å². The summed E-state index contributed by atoms with van der Waals surface area (Å²) in [6.07, 6.45) is 3.77. The maximum atomic E-state index is 12.2. The number of ketones is 1. The molecule has 1 atom stereocenters. The molecule has 1 heterocycles. The molecule has 2 aromatic rings. The third kappa shape index (κ3) is 6.69. The largest absolute Gasteiger partial charge is 0.352 e. The zero-order chi connectivity index (χ0) is 20.6. The molecule has 1 saturated heterocycles. The van der Waals surface area contributed by atoms with Gasteiger partial charge in [-0.05, 0) is 61.9 Å². The predicted molar refractivity (Wildman–Crippen MR) is 117 cm³/mol. The summed E-state index contributed by atoms with van der Waals surface area (Å²) in [5.41, 5.74) is 2.89. The van der Waals surface area contributed by atoms with Crippen molar-refractivity contribution in [2.45, 2.75) is 45.7 Å². The number of piperidine rings is 1. The number of nitrogens with one attached hydrogen (secondary N) is 1. The summed E-state index contributed by atoms with van der Waals surface area (Å²) in [4.78, 5) is 26.3. The molecule has 29 heavy (non-hydrogen) atoms. The van der Waals surface area contributed by atoms with Crippen LogP contribution in [0, 0.1) is 5.92 Å². The second kappa shape index (κ2) is 10.6. The number of hydrogen-bond acceptors (Lipinski definition) is 3. The van der Waals surface area contributed by atoms with Crippen molar-refractivity contribution in [3.63, 3.8) is 0 Å². The van der Waals surface area contributed by atoms with E-state index in [1.807, 2.05) is 42.5 Å². The van der Waals surface area contributed by atoms with Crippen LogP contribution in [0.1, 0.15) is 54.1 Å². The maximum absolute atomic E-state index is 12.2. The van der Waals surface area contributed by atoms with Crippen LogP contribution >= 0.6 is 11.6 Å². The lowest BCUT2D eigenvalue weighted by Gasteiger charge is -2.32. The highest BCUT2D eigenvalue weighted by Gasteiger charge is 2.21. The Bertz CT molecular complexity index is 852. The van der Waals surface area contributed by atoms with Crippen LogP contribution in [-0.2, 0) is 17.9 Å². The number of amides is 1. The van der Waals surface area contributed by atoms with E-state index in [1.165, 1.54) is 12.0 Å². The van der Waals surface area contributed by atoms with Gasteiger partial charge >= 0.3 is 0 Å². The number of Topliss-reactive ketones (excluding diaryl/α,β-unsaturated/α-hetero) is 1. The normalized spacial score (nSPS) is 17.1. The Morgan fingerprint density at radius 1 is 1.17 bits per heavy atom. The van der Waals surface area contributed by atoms with E-state index in [1.54, 1.807) is 6.92 Å². The van der Waals surface area contributed by atoms with Crippen LogP contribution in [0.5, 0.6) is 0 Å². The van der Waals surface area contributed by atoms with Gasteiger partial charge in [0, 0.05) is 36.6 Å². The van der Waals surface area contributed by atoms with Gasteiger partial charge in [-0.2, -0.15) is 0 Å². The second-order valence-corrected chi connectivity index (χ2v) is 8.31. The first-order valence-corrected chi connectivity index (χ1v) is 10.7. The predicted octanol–water partition coefficient (Wildman–Crippen LogP) is 4.85. The Balaban J connectivity index is 1.43. The minimum atomic E-state index is 0.0798. The maximum Gasteiger partial charge on any atom is 0.220 e. The van der Waals surface area contributed by atoms with E-state index in [0.29, 0.717) is 23.9 Å². The van der Waals surface area contributed by atoms with Gasteiger partial charge in [-0.25, -0.2) is 0 Å². The first kappa shape index (κ1) is 21.5. The van der Waals surface area contributed by atoms with E-state index in [2.05, 4.69) is 16.3 Å². The average molecular weight is 413 g/mol. The van der Waals surface area contributed by atoms with Crippen molar-refractivity contribution in [3.05, 3.63) is 70.2 Å². The Hall–Kier alpha value is -2.17. The zero-order valence-corrected chi connectivity index (χ0v) is 17.8. The summed E-state index contributed by atoms with van der Waals surface area (Å²) in [6.45, 7) is 5.01. The molecular formula is C24H29ClN2O2. The van der Waals surface area contributed by atoms with E-state index < -0.39 is 0 Å². The summed E-state index contributed by atoms with van der Waals surface area (Å²) in [7, 11) is 0. The summed E-state index contributed by atoms with van der Waals surface area (Å²) < 4.78 is 0. The highest BCUT2D eigenvalue weighted by Crippen LogP contribution is 2.23. The lowest BCUT2D eigenvalue weighted by atomic mass is 9.93. The fourth-order valence-electron chi connectivity index (χ4n) is 3.94. The molecule has 2 aromatic carbocycles. The first-order valence-electron chi connectivity index (χ1n) is 10.3. The van der Waals surface area contributed by atoms with Crippen LogP contribution < -0.4 is 5.32 Å². The Labute approximate surface area is 178 Å². The molecule has 0 bridgehead atoms. The van der Waals surface area contributed by atoms with E-state index in [4.69, 9.17) is 11.6 Å². The van der Waals surface area contributed by atoms with E-state index >= 15 is 0 Å². The molecule has 3 rings (SSSR count). The van der Waals surface area contributed by atoms with Crippen LogP contribution in [0.25, 0.3) is 0 Å². The quantitative estimate of drug-likeness (QED) is 0.630. The minimum Gasteiger partial charge on any atom is -0.352 e. The number of nitrogens with zero attached hydrogens (tertiary/aromatic N) is 1. The molecular weight excluding hydrogens is 384 g/mol. The highest BCUT2D eigenvalue weighted by molar-refractivity contribution is 6.31. The molecule has 1 fully saturated rings. The lowest BCUT2D eigenvalue weighted by molar-refractivity contribution is -0.121. The van der Waals surface area contributed by atoms with E-state index in [9.17, 15) is 9.59 Å². The van der Waals surface area contributed by atoms with Crippen molar-refractivity contribution >= 4 is 23.3 Å². The number of hydrogen-bond donors (Lipinski definition) is 1. The van der Waals surface area contributed by atoms with Gasteiger partial charge in [-0.1, -0.05) is 48.0 Å². The number of rotatable bonds is 8. The molecule has 1 aliphatic heterocycles. The van der Waals surface area contributed by atoms with Crippen molar-refractivity contribution < 1.29 is 9.59 Å². The molecule has 154 valence electrons. The van der Waals surface area contributed by atoms with Crippen LogP contribution in [0.2, 0.25) is 5.02 Å². The smallest absolute Gasteiger partial charge is 0.220 e. The van der Waals surface area contributed by atoms with Crippen LogP contribution in [-0.4, -0.2) is 29.7 Å². The van der Waals surface area contributed by atoms with Crippen LogP contribution in [0.3, 0.4) is 0 Å². The zero-order valence-electron chi connectivity index (χ0n) is 17.0. The Kier molecular flexibility index (Phi) is 7.84. The highest BCUT2D eigenvalue weighted by atomic mass is 35.5. The van der Waals surface area contributed by atoms with Gasteiger partial charge < -0.3 is 5.32 Å². The monoisotopic (exact) mass is 412 g/mol. The third-order valence-corrected chi connectivity index (χ3v) is 5.93. The van der Waals surface area contributed by atoms with Crippen LogP contribution in [0.4, 0.5) is 0 Å². The number of benzene rings is 2. The standard InChI is InChI=1S/C24H29ClN2O2/c1-18(28)21-9-4-6-20(14-21)17-27-13-5-7-19(16-27)11-12-24(29)26-15-22-8-2-3-10-23(22)25/h2-4,6,8-10,14,19H,5,7,11-13,15-17H2,1H3,(H,26,29). The van der Waals surface area contributed by atoms with Crippen LogP contribution in [0.15, 0.2) is 48.5 Å². The summed E-state index contributed by atoms with van der Waals surface area (Å²) in [6, 6.07) is 15.5. The number of carbonyl (C=O) groups excluding carboxylic acids is 2. The first-order chi connectivity index (χ1) is 14.0. The third-order valence-electron chi connectivity index (χ3n) is 5.56. The van der Waals surface area contributed by atoms with Crippen molar-refractivity contribution in [1.82, 2.24) is 10.2 Å². The topological polar surface area (TPSA) is 49.4 Å². The van der Waals surface area contributed by atoms with Gasteiger partial charge in [0.1, 0.15) is 0 Å². The molecule has 1 aliphatic rings. The van der Waals surface area contributed by atoms with Crippen molar-refractivity contribution in [3.8, 4) is 0 Å². The van der Waals surface area contributed by atoms with Gasteiger partial charge in [-0.3, -0.25) is 14.5 Å². The number of carbonyl (C=O) groups is 2. The molecule has 0 aromatic heterocycles. The molecule has 0 radical (unpaired) electrons. The van der Waals surface area contributed by atoms with Crippen molar-refractivity contribution in [2.24, 2.45) is 5.92 Å². The van der Waals surface area contributed by atoms with Gasteiger partial charge in [-0.15, -0.1) is 0 Å². The van der Waals surface area contributed by atoms with Gasteiger partial charge in [0.2, 0.25) is 5.91 Å². The summed E-state index contributed by atoms with van der Waals surface area (Å²) in [5, 5.41) is 3.66. The fourth-order valence-corrected chi connectivity index (χ4v) is 4.14. The van der Waals surface area contributed by atoms with Gasteiger partial charge in [0.05, 0.1) is 0 Å². The Morgan fingerprint density at radius 3 is 2.79 bits per heavy atom. The molecule has 1 amide bonds. The second-order valence-electron chi connectivity index (χ2n) is 7.91. The Morgan fingerprint density at radius 2 is 2.00 bits per heavy atom. The molecule has 1 N–H and O–H groups in total. The average Bonchev–Trinajstić information content (AvgIpc) is 2.72. The summed E-state index contributed by atoms with van der Waals surface area (Å²) in [5.74, 6) is 0.716. The fraction of sp³-hybridized carbons (Fsp3) is 0.417. The molecule has 0 saturated carbocycles. The molecule has 0 aliphatic carbocycles. The minimum absolute atomic E-state index is 0.0798. The molecule has 0 spiro atoms.